The van der Waals surface area contributed by atoms with Crippen LogP contribution >= 0.6 is 0 Å². The van der Waals surface area contributed by atoms with Gasteiger partial charge in [0.2, 0.25) is 11.8 Å². The molecular formula is C18H19N5O2. The van der Waals surface area contributed by atoms with Crippen LogP contribution in [0.4, 0.5) is 0 Å². The van der Waals surface area contributed by atoms with Crippen LogP contribution in [0, 0.1) is 0 Å². The third-order valence-electron chi connectivity index (χ3n) is 3.69. The van der Waals surface area contributed by atoms with Crippen LogP contribution in [0.25, 0.3) is 11.8 Å². The van der Waals surface area contributed by atoms with Crippen LogP contribution in [0.15, 0.2) is 53.6 Å². The summed E-state index contributed by atoms with van der Waals surface area (Å²) in [7, 11) is 1.70. The lowest BCUT2D eigenvalue weighted by Crippen LogP contribution is -2.24. The molecule has 3 rings (SSSR count). The highest BCUT2D eigenvalue weighted by molar-refractivity contribution is 5.91. The van der Waals surface area contributed by atoms with Crippen molar-refractivity contribution < 1.29 is 9.32 Å². The summed E-state index contributed by atoms with van der Waals surface area (Å²) in [6, 6.07) is 7.84. The van der Waals surface area contributed by atoms with E-state index in [0.29, 0.717) is 18.1 Å². The number of carbonyl (C=O) groups is 1. The average Bonchev–Trinajstić information content (AvgIpc) is 3.31. The molecule has 0 aliphatic rings. The van der Waals surface area contributed by atoms with Gasteiger partial charge in [0.15, 0.2) is 5.82 Å². The Hall–Kier alpha value is -3.22. The van der Waals surface area contributed by atoms with Gasteiger partial charge in [0.1, 0.15) is 0 Å². The lowest BCUT2D eigenvalue weighted by atomic mass is 10.2. The number of hydrogen-bond acceptors (Lipinski definition) is 5. The number of amides is 1. The number of carbonyl (C=O) groups excluding carboxylic acids is 1. The summed E-state index contributed by atoms with van der Waals surface area (Å²) in [4.78, 5) is 21.9. The zero-order chi connectivity index (χ0) is 17.6. The molecule has 128 valence electrons. The fourth-order valence-electron chi connectivity index (χ4n) is 2.24. The summed E-state index contributed by atoms with van der Waals surface area (Å²) in [5, 5.41) is 3.82. The number of imidazole rings is 1. The molecule has 0 bridgehead atoms. The van der Waals surface area contributed by atoms with E-state index in [2.05, 4.69) is 15.1 Å². The first-order valence-corrected chi connectivity index (χ1v) is 7.98. The van der Waals surface area contributed by atoms with Crippen molar-refractivity contribution >= 4 is 12.0 Å². The molecule has 1 amide bonds. The second-order valence-corrected chi connectivity index (χ2v) is 5.55. The van der Waals surface area contributed by atoms with Crippen molar-refractivity contribution in [2.24, 2.45) is 0 Å². The molecule has 0 saturated heterocycles. The first kappa shape index (κ1) is 16.6. The van der Waals surface area contributed by atoms with Gasteiger partial charge in [0.05, 0.1) is 12.9 Å². The van der Waals surface area contributed by atoms with Gasteiger partial charge in [0, 0.05) is 37.6 Å². The zero-order valence-corrected chi connectivity index (χ0v) is 14.2. The largest absolute Gasteiger partial charge is 0.337 e. The number of likely N-dealkylation sites (N-methyl/N-ethyl adjacent to an activating group) is 1. The zero-order valence-electron chi connectivity index (χ0n) is 14.2. The summed E-state index contributed by atoms with van der Waals surface area (Å²) < 4.78 is 7.02. The van der Waals surface area contributed by atoms with Crippen LogP contribution in [0.2, 0.25) is 0 Å². The molecule has 0 aliphatic heterocycles. The maximum atomic E-state index is 12.2. The van der Waals surface area contributed by atoms with Gasteiger partial charge in [-0.3, -0.25) is 4.79 Å². The number of nitrogens with zero attached hydrogens (tertiary/aromatic N) is 5. The van der Waals surface area contributed by atoms with Gasteiger partial charge in [-0.25, -0.2) is 4.98 Å². The van der Waals surface area contributed by atoms with E-state index < -0.39 is 0 Å². The van der Waals surface area contributed by atoms with E-state index >= 15 is 0 Å². The van der Waals surface area contributed by atoms with E-state index in [0.717, 1.165) is 11.3 Å². The first-order chi connectivity index (χ1) is 12.2. The van der Waals surface area contributed by atoms with Crippen LogP contribution in [-0.2, 0) is 17.8 Å². The van der Waals surface area contributed by atoms with E-state index in [1.54, 1.807) is 25.6 Å². The van der Waals surface area contributed by atoms with Crippen molar-refractivity contribution in [1.82, 2.24) is 24.6 Å². The third-order valence-corrected chi connectivity index (χ3v) is 3.69. The second-order valence-electron chi connectivity index (χ2n) is 5.55. The van der Waals surface area contributed by atoms with Crippen molar-refractivity contribution in [3.63, 3.8) is 0 Å². The molecule has 25 heavy (non-hydrogen) atoms. The molecule has 0 atom stereocenters. The topological polar surface area (TPSA) is 77.0 Å². The van der Waals surface area contributed by atoms with Gasteiger partial charge in [-0.2, -0.15) is 4.98 Å². The summed E-state index contributed by atoms with van der Waals surface area (Å²) in [5.74, 6) is 0.949. The Morgan fingerprint density at radius 1 is 1.32 bits per heavy atom. The number of rotatable bonds is 6. The van der Waals surface area contributed by atoms with Gasteiger partial charge < -0.3 is 14.0 Å². The van der Waals surface area contributed by atoms with E-state index in [9.17, 15) is 4.79 Å². The highest BCUT2D eigenvalue weighted by Gasteiger charge is 2.11. The third kappa shape index (κ3) is 4.20. The average molecular weight is 337 g/mol. The Bertz CT molecular complexity index is 850. The van der Waals surface area contributed by atoms with E-state index in [1.165, 1.54) is 11.0 Å². The van der Waals surface area contributed by atoms with Crippen molar-refractivity contribution in [2.75, 3.05) is 7.05 Å². The lowest BCUT2D eigenvalue weighted by molar-refractivity contribution is -0.125. The van der Waals surface area contributed by atoms with Crippen molar-refractivity contribution in [3.05, 3.63) is 66.3 Å². The molecule has 0 saturated carbocycles. The first-order valence-electron chi connectivity index (χ1n) is 7.98. The Balaban J connectivity index is 1.59. The minimum Gasteiger partial charge on any atom is -0.337 e. The monoisotopic (exact) mass is 337 g/mol. The Morgan fingerprint density at radius 2 is 2.12 bits per heavy atom. The predicted octanol–water partition coefficient (Wildman–Crippen LogP) is 2.49. The minimum atomic E-state index is -0.130. The van der Waals surface area contributed by atoms with Crippen LogP contribution in [0.3, 0.4) is 0 Å². The number of aryl methyl sites for hydroxylation is 1. The molecule has 1 aromatic carbocycles. The summed E-state index contributed by atoms with van der Waals surface area (Å²) >= 11 is 0. The molecule has 3 aromatic rings. The minimum absolute atomic E-state index is 0.130. The van der Waals surface area contributed by atoms with Gasteiger partial charge in [-0.15, -0.1) is 0 Å². The number of aromatic nitrogens is 4. The molecule has 0 spiro atoms. The van der Waals surface area contributed by atoms with Crippen LogP contribution < -0.4 is 0 Å². The van der Waals surface area contributed by atoms with Crippen molar-refractivity contribution in [1.29, 1.82) is 0 Å². The molecule has 0 N–H and O–H groups in total. The molecule has 0 unspecified atom stereocenters. The van der Waals surface area contributed by atoms with Gasteiger partial charge in [0.25, 0.3) is 0 Å². The van der Waals surface area contributed by atoms with Crippen molar-refractivity contribution in [2.45, 2.75) is 19.9 Å². The normalized spacial score (nSPS) is 11.1. The van der Waals surface area contributed by atoms with Gasteiger partial charge in [-0.05, 0) is 23.8 Å². The van der Waals surface area contributed by atoms with Gasteiger partial charge in [-0.1, -0.05) is 24.2 Å². The molecule has 0 fully saturated rings. The SMILES string of the molecule is CCc1noc(CN(C)C(=O)C=Cc2ccc(-n3ccnc3)cc2)n1. The highest BCUT2D eigenvalue weighted by atomic mass is 16.5. The second kappa shape index (κ2) is 7.57. The maximum absolute atomic E-state index is 12.2. The van der Waals surface area contributed by atoms with E-state index in [4.69, 9.17) is 4.52 Å². The van der Waals surface area contributed by atoms with Crippen LogP contribution in [0.5, 0.6) is 0 Å². The fraction of sp³-hybridized carbons (Fsp3) is 0.222. The molecule has 7 heteroatoms. The molecule has 0 aliphatic carbocycles. The van der Waals surface area contributed by atoms with Crippen LogP contribution in [0.1, 0.15) is 24.2 Å². The Kier molecular flexibility index (Phi) is 5.03. The van der Waals surface area contributed by atoms with Gasteiger partial charge >= 0.3 is 0 Å². The molecule has 0 radical (unpaired) electrons. The lowest BCUT2D eigenvalue weighted by Gasteiger charge is -2.11. The number of hydrogen-bond donors (Lipinski definition) is 0. The Labute approximate surface area is 145 Å². The number of benzene rings is 1. The molecule has 2 heterocycles. The maximum Gasteiger partial charge on any atom is 0.246 e. The smallest absolute Gasteiger partial charge is 0.246 e. The summed E-state index contributed by atoms with van der Waals surface area (Å²) in [5.41, 5.74) is 1.96. The molecular weight excluding hydrogens is 318 g/mol. The fourth-order valence-corrected chi connectivity index (χ4v) is 2.24. The predicted molar refractivity (Wildman–Crippen MR) is 92.7 cm³/mol. The molecule has 2 aromatic heterocycles. The quantitative estimate of drug-likeness (QED) is 0.646. The summed E-state index contributed by atoms with van der Waals surface area (Å²) in [6.45, 7) is 2.24. The Morgan fingerprint density at radius 3 is 2.76 bits per heavy atom. The van der Waals surface area contributed by atoms with Crippen molar-refractivity contribution in [3.8, 4) is 5.69 Å². The van der Waals surface area contributed by atoms with E-state index in [1.807, 2.05) is 42.0 Å². The van der Waals surface area contributed by atoms with Crippen LogP contribution in [-0.4, -0.2) is 37.5 Å². The van der Waals surface area contributed by atoms with E-state index in [-0.39, 0.29) is 12.5 Å². The molecule has 7 nitrogen and oxygen atoms in total. The standard InChI is InChI=1S/C18H19N5O2/c1-3-16-20-17(25-21-16)12-22(2)18(24)9-6-14-4-7-15(8-5-14)23-11-10-19-13-23/h4-11,13H,3,12H2,1-2H3. The summed E-state index contributed by atoms with van der Waals surface area (Å²) in [6.07, 6.45) is 9.37. The highest BCUT2D eigenvalue weighted by Crippen LogP contribution is 2.11.